The van der Waals surface area contributed by atoms with E-state index in [-0.39, 0.29) is 12.1 Å². The highest BCUT2D eigenvalue weighted by Crippen LogP contribution is 2.42. The predicted molar refractivity (Wildman–Crippen MR) is 156 cm³/mol. The first-order valence-corrected chi connectivity index (χ1v) is 16.5. The van der Waals surface area contributed by atoms with Crippen LogP contribution < -0.4 is 26.0 Å². The van der Waals surface area contributed by atoms with E-state index >= 15 is 0 Å². The van der Waals surface area contributed by atoms with Crippen molar-refractivity contribution in [3.8, 4) is 17.6 Å². The number of methoxy groups -OCH3 is 1. The van der Waals surface area contributed by atoms with Gasteiger partial charge in [-0.1, -0.05) is 24.0 Å². The molecule has 0 radical (unpaired) electrons. The fraction of sp³-hybridized carbons (Fsp3) is 0.448. The molecule has 39 heavy (non-hydrogen) atoms. The minimum atomic E-state index is -4.34. The molecule has 0 spiro atoms. The van der Waals surface area contributed by atoms with E-state index in [2.05, 4.69) is 27.8 Å². The summed E-state index contributed by atoms with van der Waals surface area (Å²) in [6.07, 6.45) is -3.02. The lowest BCUT2D eigenvalue weighted by atomic mass is 9.93. The van der Waals surface area contributed by atoms with E-state index in [0.29, 0.717) is 44.9 Å². The molecule has 1 saturated carbocycles. The molecule has 2 atom stereocenters. The molecule has 5 rings (SSSR count). The summed E-state index contributed by atoms with van der Waals surface area (Å²) in [6.45, 7) is 5.56. The molecule has 3 aromatic rings. The molecule has 2 aliphatic rings. The van der Waals surface area contributed by atoms with Crippen molar-refractivity contribution >= 4 is 45.2 Å². The van der Waals surface area contributed by atoms with Crippen LogP contribution >= 0.6 is 18.5 Å². The Bertz CT molecular complexity index is 1450. The lowest BCUT2D eigenvalue weighted by molar-refractivity contribution is -0.126. The van der Waals surface area contributed by atoms with Crippen molar-refractivity contribution in [2.45, 2.75) is 31.5 Å². The average molecular weight is 576 g/mol. The first-order valence-electron chi connectivity index (χ1n) is 13.1. The Morgan fingerprint density at radius 3 is 2.54 bits per heavy atom. The van der Waals surface area contributed by atoms with Gasteiger partial charge in [0, 0.05) is 11.3 Å². The molecular formula is C29H33F3N3O2PS. The van der Waals surface area contributed by atoms with Gasteiger partial charge in [0.1, 0.15) is 12.9 Å². The third kappa shape index (κ3) is 6.24. The summed E-state index contributed by atoms with van der Waals surface area (Å²) in [5.41, 5.74) is 1.80. The van der Waals surface area contributed by atoms with Gasteiger partial charge in [0.05, 0.1) is 41.0 Å². The van der Waals surface area contributed by atoms with E-state index in [0.717, 1.165) is 23.5 Å². The normalized spacial score (nSPS) is 20.9. The highest BCUT2D eigenvalue weighted by Gasteiger charge is 2.39. The van der Waals surface area contributed by atoms with E-state index in [4.69, 9.17) is 4.74 Å². The minimum Gasteiger partial charge on any atom is -0.495 e. The second-order valence-electron chi connectivity index (χ2n) is 10.7. The summed E-state index contributed by atoms with van der Waals surface area (Å²) >= 11 is 1.33. The molecule has 208 valence electrons. The lowest BCUT2D eigenvalue weighted by Crippen LogP contribution is -2.45. The first kappa shape index (κ1) is 27.9. The molecule has 2 aromatic carbocycles. The summed E-state index contributed by atoms with van der Waals surface area (Å²) in [6, 6.07) is 11.2. The van der Waals surface area contributed by atoms with Crippen molar-refractivity contribution in [2.24, 2.45) is 11.8 Å². The Labute approximate surface area is 231 Å². The first-order chi connectivity index (χ1) is 18.5. The van der Waals surface area contributed by atoms with Crippen LogP contribution in [0.3, 0.4) is 0 Å². The number of nitrogens with one attached hydrogen (secondary N) is 3. The van der Waals surface area contributed by atoms with E-state index in [1.54, 1.807) is 37.6 Å². The topological polar surface area (TPSA) is 62.4 Å². The standard InChI is InChI=1S/C29H33F3N3O2PS/c1-37-25-14-20(38(2,3)36)11-12-23(25)34-13-5-8-26-22(15-29(30,31)32)21-6-4-7-24(28(21)39-26)35-27-18-9-10-19(27)17-33-16-18/h4,6-7,11-12,14,18-19,27,33-35H,9-10,13,15-17H2,1-3H3. The van der Waals surface area contributed by atoms with Crippen LogP contribution in [0.15, 0.2) is 36.4 Å². The smallest absolute Gasteiger partial charge is 0.393 e. The zero-order chi connectivity index (χ0) is 27.8. The van der Waals surface area contributed by atoms with Crippen LogP contribution in [0.2, 0.25) is 0 Å². The monoisotopic (exact) mass is 575 g/mol. The lowest BCUT2D eigenvalue weighted by Gasteiger charge is -2.32. The molecule has 0 amide bonds. The molecule has 1 saturated heterocycles. The van der Waals surface area contributed by atoms with Crippen LogP contribution in [0.1, 0.15) is 23.3 Å². The Morgan fingerprint density at radius 2 is 1.87 bits per heavy atom. The van der Waals surface area contributed by atoms with Crippen LogP contribution in [0, 0.1) is 23.7 Å². The van der Waals surface area contributed by atoms with Crippen molar-refractivity contribution in [1.29, 1.82) is 0 Å². The van der Waals surface area contributed by atoms with Gasteiger partial charge < -0.3 is 25.3 Å². The third-order valence-corrected chi connectivity index (χ3v) is 10.3. The molecule has 2 heterocycles. The number of ether oxygens (including phenoxy) is 1. The van der Waals surface area contributed by atoms with E-state index < -0.39 is 19.7 Å². The van der Waals surface area contributed by atoms with E-state index in [9.17, 15) is 17.7 Å². The highest BCUT2D eigenvalue weighted by atomic mass is 32.1. The Morgan fingerprint density at radius 1 is 1.13 bits per heavy atom. The Kier molecular flexibility index (Phi) is 7.92. The number of thiophene rings is 1. The van der Waals surface area contributed by atoms with Gasteiger partial charge in [0.2, 0.25) is 0 Å². The second kappa shape index (κ2) is 11.1. The fourth-order valence-electron chi connectivity index (χ4n) is 5.69. The number of piperidine rings is 1. The van der Waals surface area contributed by atoms with Gasteiger partial charge in [0.25, 0.3) is 0 Å². The van der Waals surface area contributed by atoms with Gasteiger partial charge in [-0.15, -0.1) is 11.3 Å². The van der Waals surface area contributed by atoms with E-state index in [1.165, 1.54) is 31.3 Å². The van der Waals surface area contributed by atoms with Crippen molar-refractivity contribution in [3.05, 3.63) is 46.8 Å². The second-order valence-corrected chi connectivity index (χ2v) is 14.9. The number of halogens is 3. The van der Waals surface area contributed by atoms with Crippen LogP contribution in [0.25, 0.3) is 10.1 Å². The fourth-order valence-corrected chi connectivity index (χ4v) is 7.72. The molecule has 3 N–H and O–H groups in total. The van der Waals surface area contributed by atoms with E-state index in [1.807, 2.05) is 12.1 Å². The average Bonchev–Trinajstić information content (AvgIpc) is 3.31. The van der Waals surface area contributed by atoms with Crippen molar-refractivity contribution < 1.29 is 22.5 Å². The summed E-state index contributed by atoms with van der Waals surface area (Å²) in [4.78, 5) is 0.437. The maximum atomic E-state index is 13.6. The van der Waals surface area contributed by atoms with Crippen LogP contribution in [0.5, 0.6) is 5.75 Å². The van der Waals surface area contributed by atoms with Gasteiger partial charge >= 0.3 is 6.18 Å². The summed E-state index contributed by atoms with van der Waals surface area (Å²) in [5, 5.41) is 11.7. The zero-order valence-corrected chi connectivity index (χ0v) is 24.0. The number of hydrogen-bond acceptors (Lipinski definition) is 6. The molecule has 2 unspecified atom stereocenters. The Balaban J connectivity index is 1.41. The summed E-state index contributed by atoms with van der Waals surface area (Å²) in [7, 11) is -0.906. The molecule has 1 aliphatic carbocycles. The summed E-state index contributed by atoms with van der Waals surface area (Å²) < 4.78 is 59.5. The van der Waals surface area contributed by atoms with Crippen LogP contribution in [-0.4, -0.2) is 52.3 Å². The maximum absolute atomic E-state index is 13.6. The summed E-state index contributed by atoms with van der Waals surface area (Å²) in [5.74, 6) is 7.62. The zero-order valence-electron chi connectivity index (χ0n) is 22.2. The number of fused-ring (bicyclic) bond motifs is 3. The highest BCUT2D eigenvalue weighted by molar-refractivity contribution is 7.70. The molecule has 1 aliphatic heterocycles. The van der Waals surface area contributed by atoms with Gasteiger partial charge in [-0.3, -0.25) is 0 Å². The van der Waals surface area contributed by atoms with Crippen molar-refractivity contribution in [1.82, 2.24) is 5.32 Å². The molecule has 10 heteroatoms. The molecule has 5 nitrogen and oxygen atoms in total. The minimum absolute atomic E-state index is 0.217. The van der Waals surface area contributed by atoms with Crippen LogP contribution in [-0.2, 0) is 11.0 Å². The third-order valence-electron chi connectivity index (χ3n) is 7.63. The van der Waals surface area contributed by atoms with Gasteiger partial charge in [-0.25, -0.2) is 0 Å². The number of hydrogen-bond donors (Lipinski definition) is 3. The van der Waals surface area contributed by atoms with Crippen LogP contribution in [0.4, 0.5) is 24.5 Å². The predicted octanol–water partition coefficient (Wildman–Crippen LogP) is 6.14. The van der Waals surface area contributed by atoms with Crippen molar-refractivity contribution in [3.63, 3.8) is 0 Å². The molecule has 2 fully saturated rings. The Hall–Kier alpha value is -2.66. The number of benzene rings is 2. The molecule has 1 aromatic heterocycles. The van der Waals surface area contributed by atoms with Gasteiger partial charge in [-0.2, -0.15) is 13.2 Å². The maximum Gasteiger partial charge on any atom is 0.393 e. The number of anilines is 2. The van der Waals surface area contributed by atoms with Gasteiger partial charge in [0.15, 0.2) is 0 Å². The number of rotatable bonds is 7. The SMILES string of the molecule is COc1cc(P(C)(C)=O)ccc1NCC#Cc1sc2c(NC3C4CCC3CNC4)cccc2c1CC(F)(F)F. The van der Waals surface area contributed by atoms with Crippen molar-refractivity contribution in [2.75, 3.05) is 50.7 Å². The molecular weight excluding hydrogens is 542 g/mol. The number of alkyl halides is 3. The largest absolute Gasteiger partial charge is 0.495 e. The molecule has 2 bridgehead atoms. The quantitative estimate of drug-likeness (QED) is 0.234. The van der Waals surface area contributed by atoms with Gasteiger partial charge in [-0.05, 0) is 86.3 Å².